The van der Waals surface area contributed by atoms with E-state index in [-0.39, 0.29) is 0 Å². The summed E-state index contributed by atoms with van der Waals surface area (Å²) < 4.78 is 0. The number of fused-ring (bicyclic) bond motifs is 1. The molecule has 92 valence electrons. The zero-order valence-corrected chi connectivity index (χ0v) is 11.0. The molecule has 0 amide bonds. The van der Waals surface area contributed by atoms with Crippen molar-refractivity contribution in [1.29, 1.82) is 0 Å². The molecule has 2 saturated heterocycles. The van der Waals surface area contributed by atoms with Gasteiger partial charge in [-0.1, -0.05) is 12.8 Å². The van der Waals surface area contributed by atoms with Crippen molar-refractivity contribution in [1.82, 2.24) is 10.2 Å². The van der Waals surface area contributed by atoms with Crippen molar-refractivity contribution in [2.75, 3.05) is 31.1 Å². The highest BCUT2D eigenvalue weighted by molar-refractivity contribution is 7.99. The van der Waals surface area contributed by atoms with Crippen LogP contribution in [0.4, 0.5) is 0 Å². The second kappa shape index (κ2) is 5.28. The Bertz CT molecular complexity index is 228. The Labute approximate surface area is 104 Å². The number of hydrogen-bond acceptors (Lipinski definition) is 3. The number of likely N-dealkylation sites (tertiary alicyclic amines) is 1. The molecule has 1 N–H and O–H groups in total. The third kappa shape index (κ3) is 2.41. The quantitative estimate of drug-likeness (QED) is 0.794. The molecule has 3 rings (SSSR count). The lowest BCUT2D eigenvalue weighted by molar-refractivity contribution is 0.170. The number of nitrogens with one attached hydrogen (secondary N) is 1. The molecule has 3 heteroatoms. The number of hydrogen-bond donors (Lipinski definition) is 1. The van der Waals surface area contributed by atoms with Crippen molar-refractivity contribution in [2.45, 2.75) is 44.2 Å². The molecular formula is C13H24N2S. The molecule has 16 heavy (non-hydrogen) atoms. The maximum absolute atomic E-state index is 3.68. The van der Waals surface area contributed by atoms with E-state index in [1.165, 1.54) is 63.2 Å². The van der Waals surface area contributed by atoms with Gasteiger partial charge in [0.15, 0.2) is 0 Å². The van der Waals surface area contributed by atoms with Crippen LogP contribution >= 0.6 is 11.8 Å². The molecule has 0 spiro atoms. The van der Waals surface area contributed by atoms with Crippen LogP contribution in [0.25, 0.3) is 0 Å². The molecule has 3 unspecified atom stereocenters. The molecule has 0 aromatic heterocycles. The van der Waals surface area contributed by atoms with E-state index in [4.69, 9.17) is 0 Å². The number of nitrogens with zero attached hydrogens (tertiary/aromatic N) is 1. The van der Waals surface area contributed by atoms with Crippen LogP contribution in [-0.2, 0) is 0 Å². The Morgan fingerprint density at radius 1 is 1.19 bits per heavy atom. The van der Waals surface area contributed by atoms with Gasteiger partial charge in [0.2, 0.25) is 0 Å². The molecule has 2 nitrogen and oxygen atoms in total. The van der Waals surface area contributed by atoms with Gasteiger partial charge in [-0.25, -0.2) is 0 Å². The highest BCUT2D eigenvalue weighted by atomic mass is 32.2. The third-order valence-electron chi connectivity index (χ3n) is 4.58. The highest BCUT2D eigenvalue weighted by Crippen LogP contribution is 2.36. The Balaban J connectivity index is 1.54. The SMILES string of the molecule is C1CCC2C(C1)CCN2CC1CSCCN1. The van der Waals surface area contributed by atoms with E-state index < -0.39 is 0 Å². The third-order valence-corrected chi connectivity index (χ3v) is 5.71. The summed E-state index contributed by atoms with van der Waals surface area (Å²) in [5.41, 5.74) is 0. The van der Waals surface area contributed by atoms with Crippen LogP contribution in [0, 0.1) is 5.92 Å². The van der Waals surface area contributed by atoms with E-state index >= 15 is 0 Å². The average Bonchev–Trinajstić information content (AvgIpc) is 2.74. The van der Waals surface area contributed by atoms with Gasteiger partial charge in [0, 0.05) is 36.7 Å². The average molecular weight is 240 g/mol. The molecule has 0 radical (unpaired) electrons. The van der Waals surface area contributed by atoms with Crippen molar-refractivity contribution in [3.8, 4) is 0 Å². The summed E-state index contributed by atoms with van der Waals surface area (Å²) >= 11 is 2.13. The van der Waals surface area contributed by atoms with E-state index in [1.807, 2.05) is 0 Å². The standard InChI is InChI=1S/C13H24N2S/c1-2-4-13-11(3-1)5-7-15(13)9-12-10-16-8-6-14-12/h11-14H,1-10H2. The van der Waals surface area contributed by atoms with Crippen LogP contribution in [-0.4, -0.2) is 48.1 Å². The van der Waals surface area contributed by atoms with Gasteiger partial charge in [-0.3, -0.25) is 4.90 Å². The zero-order valence-electron chi connectivity index (χ0n) is 10.2. The Kier molecular flexibility index (Phi) is 3.75. The van der Waals surface area contributed by atoms with Gasteiger partial charge in [0.25, 0.3) is 0 Å². The van der Waals surface area contributed by atoms with Gasteiger partial charge < -0.3 is 5.32 Å². The fraction of sp³-hybridized carbons (Fsp3) is 1.00. The molecule has 0 aromatic carbocycles. The van der Waals surface area contributed by atoms with Gasteiger partial charge in [0.1, 0.15) is 0 Å². The van der Waals surface area contributed by atoms with E-state index in [9.17, 15) is 0 Å². The van der Waals surface area contributed by atoms with Crippen molar-refractivity contribution >= 4 is 11.8 Å². The van der Waals surface area contributed by atoms with Crippen LogP contribution in [0.3, 0.4) is 0 Å². The fourth-order valence-electron chi connectivity index (χ4n) is 3.75. The normalized spacial score (nSPS) is 40.9. The predicted molar refractivity (Wildman–Crippen MR) is 71.1 cm³/mol. The maximum atomic E-state index is 3.68. The Morgan fingerprint density at radius 3 is 3.00 bits per heavy atom. The largest absolute Gasteiger partial charge is 0.311 e. The van der Waals surface area contributed by atoms with E-state index in [0.717, 1.165) is 18.0 Å². The summed E-state index contributed by atoms with van der Waals surface area (Å²) in [6, 6.07) is 1.71. The molecule has 0 aromatic rings. The first-order chi connectivity index (χ1) is 7.93. The van der Waals surface area contributed by atoms with Crippen LogP contribution in [0.5, 0.6) is 0 Å². The first-order valence-corrected chi connectivity index (χ1v) is 8.14. The molecule has 2 heterocycles. The lowest BCUT2D eigenvalue weighted by Crippen LogP contribution is -2.48. The maximum Gasteiger partial charge on any atom is 0.0286 e. The fourth-order valence-corrected chi connectivity index (χ4v) is 4.69. The smallest absolute Gasteiger partial charge is 0.0286 e. The second-order valence-electron chi connectivity index (χ2n) is 5.62. The van der Waals surface area contributed by atoms with Crippen LogP contribution < -0.4 is 5.32 Å². The van der Waals surface area contributed by atoms with Gasteiger partial charge in [0.05, 0.1) is 0 Å². The topological polar surface area (TPSA) is 15.3 Å². The summed E-state index contributed by atoms with van der Waals surface area (Å²) in [7, 11) is 0. The Hall–Kier alpha value is 0.270. The van der Waals surface area contributed by atoms with Gasteiger partial charge in [-0.05, 0) is 31.7 Å². The second-order valence-corrected chi connectivity index (χ2v) is 6.77. The molecule has 3 fully saturated rings. The molecule has 1 saturated carbocycles. The minimum Gasteiger partial charge on any atom is -0.311 e. The van der Waals surface area contributed by atoms with E-state index in [0.29, 0.717) is 0 Å². The Morgan fingerprint density at radius 2 is 2.12 bits per heavy atom. The highest BCUT2D eigenvalue weighted by Gasteiger charge is 2.36. The molecule has 3 aliphatic rings. The summed E-state index contributed by atoms with van der Waals surface area (Å²) in [5, 5.41) is 3.68. The van der Waals surface area contributed by atoms with Gasteiger partial charge >= 0.3 is 0 Å². The van der Waals surface area contributed by atoms with Crippen molar-refractivity contribution < 1.29 is 0 Å². The van der Waals surface area contributed by atoms with Crippen molar-refractivity contribution in [2.24, 2.45) is 5.92 Å². The molecular weight excluding hydrogens is 216 g/mol. The first kappa shape index (κ1) is 11.4. The zero-order chi connectivity index (χ0) is 10.8. The molecule has 3 atom stereocenters. The molecule has 2 aliphatic heterocycles. The lowest BCUT2D eigenvalue weighted by atomic mass is 9.85. The first-order valence-electron chi connectivity index (χ1n) is 6.98. The lowest BCUT2D eigenvalue weighted by Gasteiger charge is -2.35. The minimum atomic E-state index is 0.763. The van der Waals surface area contributed by atoms with E-state index in [2.05, 4.69) is 22.0 Å². The number of thioether (sulfide) groups is 1. The molecule has 1 aliphatic carbocycles. The summed E-state index contributed by atoms with van der Waals surface area (Å²) in [4.78, 5) is 2.80. The van der Waals surface area contributed by atoms with Gasteiger partial charge in [-0.2, -0.15) is 11.8 Å². The number of rotatable bonds is 2. The monoisotopic (exact) mass is 240 g/mol. The summed E-state index contributed by atoms with van der Waals surface area (Å²) in [6.45, 7) is 3.91. The van der Waals surface area contributed by atoms with E-state index in [1.54, 1.807) is 0 Å². The predicted octanol–water partition coefficient (Wildman–Crippen LogP) is 1.96. The molecule has 0 bridgehead atoms. The minimum absolute atomic E-state index is 0.763. The van der Waals surface area contributed by atoms with Crippen LogP contribution in [0.15, 0.2) is 0 Å². The summed E-state index contributed by atoms with van der Waals surface area (Å²) in [6.07, 6.45) is 7.43. The summed E-state index contributed by atoms with van der Waals surface area (Å²) in [5.74, 6) is 3.68. The van der Waals surface area contributed by atoms with Crippen molar-refractivity contribution in [3.05, 3.63) is 0 Å². The van der Waals surface area contributed by atoms with Crippen molar-refractivity contribution in [3.63, 3.8) is 0 Å². The van der Waals surface area contributed by atoms with Crippen LogP contribution in [0.1, 0.15) is 32.1 Å². The van der Waals surface area contributed by atoms with Crippen LogP contribution in [0.2, 0.25) is 0 Å². The van der Waals surface area contributed by atoms with Gasteiger partial charge in [-0.15, -0.1) is 0 Å².